The van der Waals surface area contributed by atoms with Crippen molar-refractivity contribution in [2.24, 2.45) is 0 Å². The standard InChI is InChI=1S/C16H26N2O2/c1-10(2)18-8-6-14(7-9-18)17-16(19)15-11(3)12(4)20-13(15)5/h10,14H,6-9H2,1-5H3,(H,17,19). The van der Waals surface area contributed by atoms with Crippen LogP contribution in [-0.2, 0) is 0 Å². The number of hydrogen-bond acceptors (Lipinski definition) is 3. The Morgan fingerprint density at radius 2 is 1.80 bits per heavy atom. The van der Waals surface area contributed by atoms with Gasteiger partial charge in [0.1, 0.15) is 11.5 Å². The normalized spacial score (nSPS) is 17.7. The van der Waals surface area contributed by atoms with Crippen molar-refractivity contribution in [3.63, 3.8) is 0 Å². The summed E-state index contributed by atoms with van der Waals surface area (Å²) in [6, 6.07) is 0.874. The van der Waals surface area contributed by atoms with Gasteiger partial charge in [-0.05, 0) is 47.5 Å². The van der Waals surface area contributed by atoms with E-state index in [1.807, 2.05) is 20.8 Å². The topological polar surface area (TPSA) is 45.5 Å². The minimum Gasteiger partial charge on any atom is -0.466 e. The van der Waals surface area contributed by atoms with E-state index in [-0.39, 0.29) is 11.9 Å². The molecule has 2 heterocycles. The van der Waals surface area contributed by atoms with Crippen LogP contribution in [0, 0.1) is 20.8 Å². The molecular formula is C16H26N2O2. The summed E-state index contributed by atoms with van der Waals surface area (Å²) in [5.74, 6) is 1.57. The van der Waals surface area contributed by atoms with Gasteiger partial charge in [0.25, 0.3) is 5.91 Å². The van der Waals surface area contributed by atoms with Gasteiger partial charge in [-0.3, -0.25) is 4.79 Å². The van der Waals surface area contributed by atoms with Crippen molar-refractivity contribution in [1.29, 1.82) is 0 Å². The summed E-state index contributed by atoms with van der Waals surface area (Å²) >= 11 is 0. The zero-order valence-corrected chi connectivity index (χ0v) is 13.2. The lowest BCUT2D eigenvalue weighted by atomic mass is 10.0. The Bertz CT molecular complexity index is 483. The van der Waals surface area contributed by atoms with E-state index in [2.05, 4.69) is 24.1 Å². The average Bonchev–Trinajstić information content (AvgIpc) is 2.63. The maximum atomic E-state index is 12.4. The summed E-state index contributed by atoms with van der Waals surface area (Å²) in [4.78, 5) is 14.9. The molecule has 0 unspecified atom stereocenters. The van der Waals surface area contributed by atoms with Crippen LogP contribution in [0.4, 0.5) is 0 Å². The summed E-state index contributed by atoms with van der Waals surface area (Å²) in [5.41, 5.74) is 1.67. The number of carbonyl (C=O) groups excluding carboxylic acids is 1. The molecule has 1 fully saturated rings. The smallest absolute Gasteiger partial charge is 0.255 e. The van der Waals surface area contributed by atoms with Crippen molar-refractivity contribution in [2.45, 2.75) is 59.5 Å². The van der Waals surface area contributed by atoms with Crippen LogP contribution in [0.15, 0.2) is 4.42 Å². The van der Waals surface area contributed by atoms with E-state index in [0.29, 0.717) is 11.6 Å². The number of nitrogens with one attached hydrogen (secondary N) is 1. The summed E-state index contributed by atoms with van der Waals surface area (Å²) in [7, 11) is 0. The molecule has 20 heavy (non-hydrogen) atoms. The fourth-order valence-corrected chi connectivity index (χ4v) is 2.95. The molecule has 0 spiro atoms. The zero-order chi connectivity index (χ0) is 14.9. The van der Waals surface area contributed by atoms with Crippen molar-refractivity contribution >= 4 is 5.91 Å². The number of nitrogens with zero attached hydrogens (tertiary/aromatic N) is 1. The first kappa shape index (κ1) is 15.1. The Morgan fingerprint density at radius 1 is 1.20 bits per heavy atom. The summed E-state index contributed by atoms with van der Waals surface area (Å²) < 4.78 is 5.54. The highest BCUT2D eigenvalue weighted by atomic mass is 16.3. The lowest BCUT2D eigenvalue weighted by molar-refractivity contribution is 0.0898. The third-order valence-electron chi connectivity index (χ3n) is 4.38. The predicted molar refractivity (Wildman–Crippen MR) is 80.1 cm³/mol. The van der Waals surface area contributed by atoms with Gasteiger partial charge >= 0.3 is 0 Å². The second kappa shape index (κ2) is 6.00. The predicted octanol–water partition coefficient (Wildman–Crippen LogP) is 2.81. The maximum absolute atomic E-state index is 12.4. The molecule has 1 aliphatic rings. The van der Waals surface area contributed by atoms with Crippen LogP contribution in [0.25, 0.3) is 0 Å². The summed E-state index contributed by atoms with van der Waals surface area (Å²) in [5, 5.41) is 3.16. The first-order valence-corrected chi connectivity index (χ1v) is 7.51. The largest absolute Gasteiger partial charge is 0.466 e. The Labute approximate surface area is 121 Å². The van der Waals surface area contributed by atoms with Crippen molar-refractivity contribution < 1.29 is 9.21 Å². The van der Waals surface area contributed by atoms with Crippen LogP contribution in [-0.4, -0.2) is 36.0 Å². The van der Waals surface area contributed by atoms with Crippen LogP contribution >= 0.6 is 0 Å². The molecule has 0 saturated carbocycles. The number of carbonyl (C=O) groups is 1. The van der Waals surface area contributed by atoms with Gasteiger partial charge < -0.3 is 14.6 Å². The maximum Gasteiger partial charge on any atom is 0.255 e. The Hall–Kier alpha value is -1.29. The fourth-order valence-electron chi connectivity index (χ4n) is 2.95. The molecule has 1 aromatic rings. The van der Waals surface area contributed by atoms with Crippen molar-refractivity contribution in [3.8, 4) is 0 Å². The minimum atomic E-state index is 0.0137. The van der Waals surface area contributed by atoms with E-state index >= 15 is 0 Å². The first-order chi connectivity index (χ1) is 9.40. The third kappa shape index (κ3) is 3.06. The highest BCUT2D eigenvalue weighted by Crippen LogP contribution is 2.21. The number of aryl methyl sites for hydroxylation is 2. The molecule has 4 heteroatoms. The molecule has 1 saturated heterocycles. The van der Waals surface area contributed by atoms with E-state index in [0.717, 1.165) is 43.0 Å². The minimum absolute atomic E-state index is 0.0137. The fraction of sp³-hybridized carbons (Fsp3) is 0.688. The van der Waals surface area contributed by atoms with Gasteiger partial charge in [0, 0.05) is 30.7 Å². The molecule has 1 aliphatic heterocycles. The van der Waals surface area contributed by atoms with Gasteiger partial charge in [-0.15, -0.1) is 0 Å². The van der Waals surface area contributed by atoms with E-state index < -0.39 is 0 Å². The van der Waals surface area contributed by atoms with Crippen molar-refractivity contribution in [1.82, 2.24) is 10.2 Å². The molecule has 1 aromatic heterocycles. The molecule has 0 aliphatic carbocycles. The highest BCUT2D eigenvalue weighted by Gasteiger charge is 2.25. The molecular weight excluding hydrogens is 252 g/mol. The van der Waals surface area contributed by atoms with Gasteiger partial charge in [0.05, 0.1) is 5.56 Å². The number of rotatable bonds is 3. The Morgan fingerprint density at radius 3 is 2.25 bits per heavy atom. The number of hydrogen-bond donors (Lipinski definition) is 1. The first-order valence-electron chi connectivity index (χ1n) is 7.51. The molecule has 112 valence electrons. The van der Waals surface area contributed by atoms with Crippen molar-refractivity contribution in [3.05, 3.63) is 22.6 Å². The second-order valence-electron chi connectivity index (χ2n) is 6.09. The number of piperidine rings is 1. The van der Waals surface area contributed by atoms with Crippen LogP contribution in [0.1, 0.15) is 54.1 Å². The summed E-state index contributed by atoms with van der Waals surface area (Å²) in [6.07, 6.45) is 2.05. The molecule has 2 rings (SSSR count). The van der Waals surface area contributed by atoms with E-state index in [1.165, 1.54) is 0 Å². The molecule has 0 bridgehead atoms. The van der Waals surface area contributed by atoms with Crippen LogP contribution < -0.4 is 5.32 Å². The zero-order valence-electron chi connectivity index (χ0n) is 13.2. The molecule has 0 radical (unpaired) electrons. The SMILES string of the molecule is Cc1oc(C)c(C(=O)NC2CCN(C(C)C)CC2)c1C. The number of furan rings is 1. The van der Waals surface area contributed by atoms with Gasteiger partial charge in [-0.25, -0.2) is 0 Å². The van der Waals surface area contributed by atoms with E-state index in [4.69, 9.17) is 4.42 Å². The lowest BCUT2D eigenvalue weighted by Gasteiger charge is -2.34. The summed E-state index contributed by atoms with van der Waals surface area (Å²) in [6.45, 7) is 12.3. The monoisotopic (exact) mass is 278 g/mol. The van der Waals surface area contributed by atoms with E-state index in [9.17, 15) is 4.79 Å². The lowest BCUT2D eigenvalue weighted by Crippen LogP contribution is -2.46. The van der Waals surface area contributed by atoms with Gasteiger partial charge in [0.2, 0.25) is 0 Å². The van der Waals surface area contributed by atoms with Crippen LogP contribution in [0.2, 0.25) is 0 Å². The average molecular weight is 278 g/mol. The quantitative estimate of drug-likeness (QED) is 0.924. The van der Waals surface area contributed by atoms with Crippen molar-refractivity contribution in [2.75, 3.05) is 13.1 Å². The van der Waals surface area contributed by atoms with Gasteiger partial charge in [-0.1, -0.05) is 0 Å². The van der Waals surface area contributed by atoms with E-state index in [1.54, 1.807) is 0 Å². The van der Waals surface area contributed by atoms with Crippen LogP contribution in [0.5, 0.6) is 0 Å². The van der Waals surface area contributed by atoms with Crippen LogP contribution in [0.3, 0.4) is 0 Å². The number of likely N-dealkylation sites (tertiary alicyclic amines) is 1. The Kier molecular flexibility index (Phi) is 4.53. The molecule has 1 amide bonds. The Balaban J connectivity index is 1.96. The molecule has 1 N–H and O–H groups in total. The highest BCUT2D eigenvalue weighted by molar-refractivity contribution is 5.97. The number of amides is 1. The molecule has 0 aromatic carbocycles. The third-order valence-corrected chi connectivity index (χ3v) is 4.38. The second-order valence-corrected chi connectivity index (χ2v) is 6.09. The molecule has 4 nitrogen and oxygen atoms in total. The molecule has 0 atom stereocenters. The van der Waals surface area contributed by atoms with Gasteiger partial charge in [0.15, 0.2) is 0 Å². The van der Waals surface area contributed by atoms with Gasteiger partial charge in [-0.2, -0.15) is 0 Å².